The van der Waals surface area contributed by atoms with Gasteiger partial charge in [0.25, 0.3) is 0 Å². The van der Waals surface area contributed by atoms with Crippen molar-refractivity contribution in [3.63, 3.8) is 0 Å². The topological polar surface area (TPSA) is 35.5 Å². The van der Waals surface area contributed by atoms with Gasteiger partial charge in [-0.25, -0.2) is 9.18 Å². The van der Waals surface area contributed by atoms with Crippen molar-refractivity contribution in [1.82, 2.24) is 0 Å². The van der Waals surface area contributed by atoms with Gasteiger partial charge < -0.3 is 9.47 Å². The van der Waals surface area contributed by atoms with E-state index in [4.69, 9.17) is 9.47 Å². The van der Waals surface area contributed by atoms with Crippen LogP contribution in [0.1, 0.15) is 61.4 Å². The fourth-order valence-corrected chi connectivity index (χ4v) is 4.46. The van der Waals surface area contributed by atoms with Gasteiger partial charge >= 0.3 is 23.0 Å². The summed E-state index contributed by atoms with van der Waals surface area (Å²) in [6.45, 7) is 2.73. The Labute approximate surface area is 263 Å². The summed E-state index contributed by atoms with van der Waals surface area (Å²) < 4.78 is 25.8. The molecule has 0 unspecified atom stereocenters. The van der Waals surface area contributed by atoms with Crippen LogP contribution >= 0.6 is 0 Å². The van der Waals surface area contributed by atoms with Gasteiger partial charge in [-0.1, -0.05) is 69.4 Å². The minimum absolute atomic E-state index is 0. The third-order valence-electron chi connectivity index (χ3n) is 6.74. The molecule has 3 nitrogen and oxygen atoms in total. The van der Waals surface area contributed by atoms with Gasteiger partial charge in [0.1, 0.15) is 5.75 Å². The van der Waals surface area contributed by atoms with Crippen molar-refractivity contribution in [2.24, 2.45) is 0 Å². The minimum atomic E-state index is -0.422. The number of esters is 1. The summed E-state index contributed by atoms with van der Waals surface area (Å²) in [7, 11) is 0. The first-order valence-corrected chi connectivity index (χ1v) is 14.4. The van der Waals surface area contributed by atoms with E-state index in [1.165, 1.54) is 31.7 Å². The van der Waals surface area contributed by atoms with Crippen LogP contribution in [0.25, 0.3) is 11.1 Å². The van der Waals surface area contributed by atoms with Crippen LogP contribution in [0, 0.1) is 69.5 Å². The van der Waals surface area contributed by atoms with Crippen molar-refractivity contribution in [3.05, 3.63) is 147 Å². The van der Waals surface area contributed by atoms with E-state index in [1.807, 2.05) is 94.2 Å². The number of unbranched alkanes of at least 4 members (excludes halogenated alkanes) is 5. The predicted molar refractivity (Wildman–Crippen MR) is 163 cm³/mol. The Morgan fingerprint density at radius 3 is 2.00 bits per heavy atom. The fraction of sp³-hybridized carbons (Fsp3) is 0.216. The number of rotatable bonds is 12. The van der Waals surface area contributed by atoms with Crippen LogP contribution in [0.5, 0.6) is 11.5 Å². The molecular weight excluding hydrogens is 567 g/mol. The molecule has 3 aromatic carbocycles. The van der Waals surface area contributed by atoms with Crippen molar-refractivity contribution >= 4 is 5.97 Å². The van der Waals surface area contributed by atoms with E-state index in [0.29, 0.717) is 17.9 Å². The van der Waals surface area contributed by atoms with E-state index < -0.39 is 5.97 Å². The van der Waals surface area contributed by atoms with Gasteiger partial charge in [0.2, 0.25) is 0 Å². The second-order valence-electron chi connectivity index (χ2n) is 9.89. The first kappa shape index (κ1) is 33.9. The molecule has 0 heterocycles. The molecule has 42 heavy (non-hydrogen) atoms. The van der Waals surface area contributed by atoms with Crippen LogP contribution in [0.2, 0.25) is 0 Å². The molecule has 0 aromatic heterocycles. The molecule has 2 fully saturated rings. The average molecular weight is 605 g/mol. The number of halogens is 1. The third kappa shape index (κ3) is 10.9. The van der Waals surface area contributed by atoms with Crippen LogP contribution in [-0.4, -0.2) is 12.6 Å². The van der Waals surface area contributed by atoms with Crippen molar-refractivity contribution in [1.29, 1.82) is 0 Å². The summed E-state index contributed by atoms with van der Waals surface area (Å²) in [6.07, 6.45) is 24.9. The number of hydrogen-bond acceptors (Lipinski definition) is 3. The Kier molecular flexibility index (Phi) is 15.2. The van der Waals surface area contributed by atoms with Gasteiger partial charge in [-0.15, -0.1) is 0 Å². The third-order valence-corrected chi connectivity index (χ3v) is 6.74. The number of hydrogen-bond donors (Lipinski definition) is 0. The van der Waals surface area contributed by atoms with Gasteiger partial charge in [-0.05, 0) is 117 Å². The quantitative estimate of drug-likeness (QED) is 0.0895. The molecular formula is C37H37FFeO3+2. The second-order valence-corrected chi connectivity index (χ2v) is 9.89. The first-order chi connectivity index (χ1) is 20.1. The summed E-state index contributed by atoms with van der Waals surface area (Å²) in [4.78, 5) is 12.7. The molecule has 2 aliphatic rings. The Hall–Kier alpha value is -2.62. The van der Waals surface area contributed by atoms with Gasteiger partial charge in [-0.2, -0.15) is 0 Å². The molecule has 2 aliphatic carbocycles. The van der Waals surface area contributed by atoms with Gasteiger partial charge in [-0.3, -0.25) is 0 Å². The number of ether oxygens (including phenoxy) is 2. The van der Waals surface area contributed by atoms with Crippen LogP contribution in [0.15, 0.2) is 66.7 Å². The number of benzene rings is 3. The van der Waals surface area contributed by atoms with Crippen molar-refractivity contribution < 1.29 is 35.7 Å². The first-order valence-electron chi connectivity index (χ1n) is 14.4. The normalized spacial score (nSPS) is 14.5. The van der Waals surface area contributed by atoms with Crippen molar-refractivity contribution in [2.75, 3.05) is 6.61 Å². The maximum Gasteiger partial charge on any atom is 2.00 e. The minimum Gasteiger partial charge on any atom is -0.491 e. The Morgan fingerprint density at radius 2 is 1.33 bits per heavy atom. The van der Waals surface area contributed by atoms with E-state index in [9.17, 15) is 9.18 Å². The summed E-state index contributed by atoms with van der Waals surface area (Å²) in [5.74, 6) is 0.969. The van der Waals surface area contributed by atoms with Gasteiger partial charge in [0, 0.05) is 5.92 Å². The Balaban J connectivity index is 0.000000730. The Morgan fingerprint density at radius 1 is 0.690 bits per heavy atom. The fourth-order valence-electron chi connectivity index (χ4n) is 4.46. The van der Waals surface area contributed by atoms with Crippen molar-refractivity contribution in [2.45, 2.75) is 45.4 Å². The summed E-state index contributed by atoms with van der Waals surface area (Å²) in [5.41, 5.74) is 3.01. The van der Waals surface area contributed by atoms with Crippen LogP contribution in [-0.2, 0) is 17.1 Å². The summed E-state index contributed by atoms with van der Waals surface area (Å²) >= 11 is 0. The molecule has 5 heteroatoms. The van der Waals surface area contributed by atoms with Crippen molar-refractivity contribution in [3.8, 4) is 22.6 Å². The van der Waals surface area contributed by atoms with E-state index in [-0.39, 0.29) is 28.6 Å². The zero-order valence-electron chi connectivity index (χ0n) is 24.0. The van der Waals surface area contributed by atoms with Gasteiger partial charge in [0.05, 0.1) is 12.2 Å². The molecule has 0 atom stereocenters. The van der Waals surface area contributed by atoms with E-state index in [0.717, 1.165) is 35.4 Å². The standard InChI is InChI=1S/C32H32FO3.C5H5.Fe/c1-2-3-4-5-6-9-21-35-31-20-17-27(23-30(31)33)25-15-18-29(19-16-25)36-32(34)28-14-10-13-26(22-28)24-11-7-8-12-24;1-2-4-5-3-1;/h7-8,10-20,22-23H,2-6,9,21H2,1H3;1-5H;/q;;+2. The maximum atomic E-state index is 14.6. The van der Waals surface area contributed by atoms with Crippen LogP contribution in [0.4, 0.5) is 4.39 Å². The zero-order valence-corrected chi connectivity index (χ0v) is 25.1. The molecule has 0 N–H and O–H groups in total. The SMILES string of the molecule is CCCCCCCCOc1ccc(-c2ccc(OC(=O)c3cccc([C]4[CH][CH][CH][CH]4)c3)cc2)cc1F.[CH]1[CH][CH][CH][CH]1.[Fe+2]. The molecule has 10 radical (unpaired) electrons. The monoisotopic (exact) mass is 604 g/mol. The van der Waals surface area contributed by atoms with Crippen LogP contribution in [0.3, 0.4) is 0 Å². The number of carbonyl (C=O) groups is 1. The van der Waals surface area contributed by atoms with E-state index in [2.05, 4.69) is 6.92 Å². The molecule has 0 bridgehead atoms. The smallest absolute Gasteiger partial charge is 0.491 e. The van der Waals surface area contributed by atoms with E-state index in [1.54, 1.807) is 24.3 Å². The average Bonchev–Trinajstić information content (AvgIpc) is 3.76. The van der Waals surface area contributed by atoms with Gasteiger partial charge in [0.15, 0.2) is 11.6 Å². The molecule has 0 aliphatic heterocycles. The number of carbonyl (C=O) groups excluding carboxylic acids is 1. The molecule has 0 spiro atoms. The zero-order chi connectivity index (χ0) is 28.7. The molecule has 5 rings (SSSR count). The summed E-state index contributed by atoms with van der Waals surface area (Å²) in [6, 6.07) is 19.4. The van der Waals surface area contributed by atoms with E-state index >= 15 is 0 Å². The largest absolute Gasteiger partial charge is 2.00 e. The molecule has 0 amide bonds. The molecule has 216 valence electrons. The second kappa shape index (κ2) is 18.8. The Bertz CT molecular complexity index is 1190. The molecule has 0 saturated heterocycles. The molecule has 2 saturated carbocycles. The maximum absolute atomic E-state index is 14.6. The van der Waals surface area contributed by atoms with Crippen LogP contribution < -0.4 is 9.47 Å². The molecule has 3 aromatic rings. The summed E-state index contributed by atoms with van der Waals surface area (Å²) in [5, 5.41) is 0. The predicted octanol–water partition coefficient (Wildman–Crippen LogP) is 9.22.